The first-order valence-electron chi connectivity index (χ1n) is 4.33. The van der Waals surface area contributed by atoms with Gasteiger partial charge < -0.3 is 10.5 Å². The lowest BCUT2D eigenvalue weighted by molar-refractivity contribution is 0.0850. The maximum absolute atomic E-state index is 5.76. The summed E-state index contributed by atoms with van der Waals surface area (Å²) in [6, 6.07) is 3.87. The second-order valence-corrected chi connectivity index (χ2v) is 3.84. The summed E-state index contributed by atoms with van der Waals surface area (Å²) in [5, 5.41) is 0. The Morgan fingerprint density at radius 1 is 1.38 bits per heavy atom. The van der Waals surface area contributed by atoms with Crippen molar-refractivity contribution >= 4 is 0 Å². The molecule has 0 fully saturated rings. The van der Waals surface area contributed by atoms with Gasteiger partial charge in [0.05, 0.1) is 13.2 Å². The van der Waals surface area contributed by atoms with Crippen LogP contribution in [0.1, 0.15) is 19.4 Å². The molecule has 0 spiro atoms. The van der Waals surface area contributed by atoms with Crippen LogP contribution in [-0.2, 0) is 11.3 Å². The SMILES string of the molecule is CC(C)(N)COCc1ccncc1. The van der Waals surface area contributed by atoms with E-state index >= 15 is 0 Å². The van der Waals surface area contributed by atoms with E-state index in [0.29, 0.717) is 13.2 Å². The largest absolute Gasteiger partial charge is 0.375 e. The fourth-order valence-electron chi connectivity index (χ4n) is 0.911. The lowest BCUT2D eigenvalue weighted by Crippen LogP contribution is -2.37. The minimum atomic E-state index is -0.257. The molecule has 2 N–H and O–H groups in total. The van der Waals surface area contributed by atoms with Crippen molar-refractivity contribution in [3.05, 3.63) is 30.1 Å². The van der Waals surface area contributed by atoms with E-state index in [2.05, 4.69) is 4.98 Å². The quantitative estimate of drug-likeness (QED) is 0.760. The first kappa shape index (κ1) is 10.2. The van der Waals surface area contributed by atoms with Crippen molar-refractivity contribution in [3.8, 4) is 0 Å². The third kappa shape index (κ3) is 4.60. The number of nitrogens with zero attached hydrogens (tertiary/aromatic N) is 1. The number of hydrogen-bond donors (Lipinski definition) is 1. The Balaban J connectivity index is 2.29. The number of nitrogens with two attached hydrogens (primary N) is 1. The minimum Gasteiger partial charge on any atom is -0.375 e. The van der Waals surface area contributed by atoms with Crippen LogP contribution in [0.3, 0.4) is 0 Å². The Labute approximate surface area is 78.9 Å². The van der Waals surface area contributed by atoms with Gasteiger partial charge in [-0.3, -0.25) is 4.98 Å². The molecule has 0 aliphatic carbocycles. The smallest absolute Gasteiger partial charge is 0.0718 e. The molecule has 1 aromatic rings. The fourth-order valence-corrected chi connectivity index (χ4v) is 0.911. The van der Waals surface area contributed by atoms with E-state index in [4.69, 9.17) is 10.5 Å². The molecular weight excluding hydrogens is 164 g/mol. The van der Waals surface area contributed by atoms with Gasteiger partial charge in [-0.1, -0.05) is 0 Å². The van der Waals surface area contributed by atoms with Crippen LogP contribution in [0.15, 0.2) is 24.5 Å². The lowest BCUT2D eigenvalue weighted by atomic mass is 10.1. The van der Waals surface area contributed by atoms with Gasteiger partial charge in [-0.2, -0.15) is 0 Å². The average molecular weight is 180 g/mol. The number of aromatic nitrogens is 1. The van der Waals surface area contributed by atoms with Gasteiger partial charge >= 0.3 is 0 Å². The van der Waals surface area contributed by atoms with Gasteiger partial charge in [0, 0.05) is 17.9 Å². The van der Waals surface area contributed by atoms with Crippen LogP contribution in [0.5, 0.6) is 0 Å². The standard InChI is InChI=1S/C10H16N2O/c1-10(2,11)8-13-7-9-3-5-12-6-4-9/h3-6H,7-8,11H2,1-2H3. The number of ether oxygens (including phenoxy) is 1. The summed E-state index contributed by atoms with van der Waals surface area (Å²) in [7, 11) is 0. The van der Waals surface area contributed by atoms with Gasteiger partial charge in [0.15, 0.2) is 0 Å². The third-order valence-corrected chi connectivity index (χ3v) is 1.49. The van der Waals surface area contributed by atoms with Crippen LogP contribution in [0.4, 0.5) is 0 Å². The highest BCUT2D eigenvalue weighted by Crippen LogP contribution is 2.02. The summed E-state index contributed by atoms with van der Waals surface area (Å²) in [6.45, 7) is 5.05. The van der Waals surface area contributed by atoms with Crippen LogP contribution >= 0.6 is 0 Å². The normalized spacial score (nSPS) is 11.6. The fraction of sp³-hybridized carbons (Fsp3) is 0.500. The molecule has 3 nitrogen and oxygen atoms in total. The number of hydrogen-bond acceptors (Lipinski definition) is 3. The van der Waals surface area contributed by atoms with Gasteiger partial charge in [-0.15, -0.1) is 0 Å². The molecule has 1 heterocycles. The molecule has 0 aliphatic heterocycles. The van der Waals surface area contributed by atoms with Crippen molar-refractivity contribution in [2.45, 2.75) is 26.0 Å². The second-order valence-electron chi connectivity index (χ2n) is 3.84. The van der Waals surface area contributed by atoms with Gasteiger partial charge in [0.2, 0.25) is 0 Å². The molecule has 0 amide bonds. The molecule has 0 saturated heterocycles. The van der Waals surface area contributed by atoms with Crippen LogP contribution in [0, 0.1) is 0 Å². The maximum atomic E-state index is 5.76. The van der Waals surface area contributed by atoms with Crippen LogP contribution < -0.4 is 5.73 Å². The Morgan fingerprint density at radius 3 is 2.54 bits per heavy atom. The highest BCUT2D eigenvalue weighted by molar-refractivity contribution is 5.07. The van der Waals surface area contributed by atoms with Crippen molar-refractivity contribution in [1.29, 1.82) is 0 Å². The Hall–Kier alpha value is -0.930. The van der Waals surface area contributed by atoms with E-state index in [1.807, 2.05) is 26.0 Å². The minimum absolute atomic E-state index is 0.257. The van der Waals surface area contributed by atoms with E-state index in [9.17, 15) is 0 Å². The van der Waals surface area contributed by atoms with Crippen molar-refractivity contribution in [2.24, 2.45) is 5.73 Å². The molecule has 0 atom stereocenters. The first-order chi connectivity index (χ1) is 6.08. The summed E-state index contributed by atoms with van der Waals surface area (Å²) in [5.41, 5.74) is 6.63. The molecular formula is C10H16N2O. The van der Waals surface area contributed by atoms with Crippen LogP contribution in [0.2, 0.25) is 0 Å². The predicted molar refractivity (Wildman–Crippen MR) is 52.2 cm³/mol. The van der Waals surface area contributed by atoms with Crippen molar-refractivity contribution in [1.82, 2.24) is 4.98 Å². The summed E-state index contributed by atoms with van der Waals surface area (Å²) in [4.78, 5) is 3.92. The zero-order valence-corrected chi connectivity index (χ0v) is 8.16. The van der Waals surface area contributed by atoms with Gasteiger partial charge in [-0.05, 0) is 31.5 Å². The lowest BCUT2D eigenvalue weighted by Gasteiger charge is -2.18. The molecule has 3 heteroatoms. The zero-order chi connectivity index (χ0) is 9.73. The summed E-state index contributed by atoms with van der Waals surface area (Å²) in [6.07, 6.45) is 3.51. The Bertz CT molecular complexity index is 241. The molecule has 0 bridgehead atoms. The highest BCUT2D eigenvalue weighted by Gasteiger charge is 2.09. The summed E-state index contributed by atoms with van der Waals surface area (Å²) >= 11 is 0. The van der Waals surface area contributed by atoms with E-state index in [0.717, 1.165) is 5.56 Å². The summed E-state index contributed by atoms with van der Waals surface area (Å²) in [5.74, 6) is 0. The number of rotatable bonds is 4. The molecule has 0 aromatic carbocycles. The molecule has 1 aromatic heterocycles. The maximum Gasteiger partial charge on any atom is 0.0718 e. The van der Waals surface area contributed by atoms with E-state index < -0.39 is 0 Å². The van der Waals surface area contributed by atoms with E-state index in [1.54, 1.807) is 12.4 Å². The Kier molecular flexibility index (Phi) is 3.39. The van der Waals surface area contributed by atoms with Crippen molar-refractivity contribution in [3.63, 3.8) is 0 Å². The zero-order valence-electron chi connectivity index (χ0n) is 8.16. The molecule has 13 heavy (non-hydrogen) atoms. The monoisotopic (exact) mass is 180 g/mol. The van der Waals surface area contributed by atoms with E-state index in [1.165, 1.54) is 0 Å². The number of pyridine rings is 1. The first-order valence-corrected chi connectivity index (χ1v) is 4.33. The molecule has 1 rings (SSSR count). The Morgan fingerprint density at radius 2 is 2.00 bits per heavy atom. The summed E-state index contributed by atoms with van der Waals surface area (Å²) < 4.78 is 5.43. The van der Waals surface area contributed by atoms with Crippen LogP contribution in [-0.4, -0.2) is 17.1 Å². The van der Waals surface area contributed by atoms with Gasteiger partial charge in [0.25, 0.3) is 0 Å². The van der Waals surface area contributed by atoms with Crippen LogP contribution in [0.25, 0.3) is 0 Å². The van der Waals surface area contributed by atoms with Crippen molar-refractivity contribution in [2.75, 3.05) is 6.61 Å². The second kappa shape index (κ2) is 4.35. The topological polar surface area (TPSA) is 48.1 Å². The third-order valence-electron chi connectivity index (χ3n) is 1.49. The van der Waals surface area contributed by atoms with Gasteiger partial charge in [0.1, 0.15) is 0 Å². The van der Waals surface area contributed by atoms with Crippen molar-refractivity contribution < 1.29 is 4.74 Å². The average Bonchev–Trinajstić information content (AvgIpc) is 2.04. The molecule has 0 aliphatic rings. The van der Waals surface area contributed by atoms with Gasteiger partial charge in [-0.25, -0.2) is 0 Å². The molecule has 0 unspecified atom stereocenters. The predicted octanol–water partition coefficient (Wildman–Crippen LogP) is 1.34. The van der Waals surface area contributed by atoms with E-state index in [-0.39, 0.29) is 5.54 Å². The highest BCUT2D eigenvalue weighted by atomic mass is 16.5. The molecule has 0 radical (unpaired) electrons. The molecule has 0 saturated carbocycles. The molecule has 72 valence electrons.